The van der Waals surface area contributed by atoms with Crippen LogP contribution < -0.4 is 15.4 Å². The van der Waals surface area contributed by atoms with Crippen molar-refractivity contribution in [2.75, 3.05) is 51.7 Å². The second-order valence-corrected chi connectivity index (χ2v) is 16.4. The van der Waals surface area contributed by atoms with Gasteiger partial charge in [-0.2, -0.15) is 0 Å². The molecule has 14 nitrogen and oxygen atoms in total. The van der Waals surface area contributed by atoms with Crippen LogP contribution in [0.4, 0.5) is 28.4 Å². The van der Waals surface area contributed by atoms with E-state index in [2.05, 4.69) is 37.2 Å². The minimum absolute atomic E-state index is 0.0777. The van der Waals surface area contributed by atoms with Crippen LogP contribution in [0.15, 0.2) is 48.7 Å². The maximum absolute atomic E-state index is 13.7. The number of nitrogens with zero attached hydrogens (tertiary/aromatic N) is 5. The number of amides is 5. The van der Waals surface area contributed by atoms with Crippen LogP contribution in [0.3, 0.4) is 0 Å². The predicted molar refractivity (Wildman–Crippen MR) is 213 cm³/mol. The number of piperazine rings is 1. The third kappa shape index (κ3) is 9.77. The highest BCUT2D eigenvalue weighted by Crippen LogP contribution is 2.38. The smallest absolute Gasteiger partial charge is 0.453 e. The molecule has 3 saturated heterocycles. The van der Waals surface area contributed by atoms with E-state index in [-0.39, 0.29) is 47.0 Å². The number of piperidine rings is 1. The molecule has 4 heterocycles. The number of benzene rings is 2. The highest BCUT2D eigenvalue weighted by atomic mass is 19.4. The number of likely N-dealkylation sites (tertiary alicyclic amines) is 2. The maximum Gasteiger partial charge on any atom is 0.573 e. The number of ether oxygens (including phenoxy) is 2. The number of alkyl carbamates (subject to hydrolysis) is 1. The molecule has 1 aromatic heterocycles. The van der Waals surface area contributed by atoms with Crippen molar-refractivity contribution in [3.8, 4) is 28.1 Å². The van der Waals surface area contributed by atoms with E-state index in [9.17, 15) is 32.3 Å². The minimum atomic E-state index is -4.98. The molecular formula is C42H53F3N8O6. The largest absolute Gasteiger partial charge is 0.573 e. The number of carbonyl (C=O) groups excluding carboxylic acids is 4. The molecule has 17 heteroatoms. The molecule has 5 amide bonds. The van der Waals surface area contributed by atoms with Crippen molar-refractivity contribution in [3.05, 3.63) is 54.5 Å². The molecule has 59 heavy (non-hydrogen) atoms. The SMILES string of the molecule is COC(=O)N[C@H](C(=O)N1CCCC1c1ncc(-c2ccc(-c3ccc(NC(=O)N4CCN(C5CCN(C(=O)C6CC6)CC5)C(C)C4)cc3OC(F)(F)F)cc2)[nH]1)C(C)C. The van der Waals surface area contributed by atoms with Crippen molar-refractivity contribution in [3.63, 3.8) is 0 Å². The number of halogens is 3. The number of methoxy groups -OCH3 is 1. The molecule has 3 aliphatic heterocycles. The molecule has 2 unspecified atom stereocenters. The molecule has 318 valence electrons. The van der Waals surface area contributed by atoms with Gasteiger partial charge in [-0.3, -0.25) is 14.5 Å². The van der Waals surface area contributed by atoms with Gasteiger partial charge in [0, 0.05) is 74.6 Å². The van der Waals surface area contributed by atoms with Gasteiger partial charge in [0.15, 0.2) is 0 Å². The first kappa shape index (κ1) is 41.8. The number of imidazole rings is 1. The van der Waals surface area contributed by atoms with Crippen molar-refractivity contribution in [2.24, 2.45) is 11.8 Å². The second kappa shape index (κ2) is 17.5. The number of nitrogens with one attached hydrogen (secondary N) is 3. The highest BCUT2D eigenvalue weighted by molar-refractivity contribution is 5.91. The van der Waals surface area contributed by atoms with Gasteiger partial charge in [-0.25, -0.2) is 14.6 Å². The van der Waals surface area contributed by atoms with Gasteiger partial charge in [-0.05, 0) is 74.6 Å². The molecule has 3 atom stereocenters. The predicted octanol–water partition coefficient (Wildman–Crippen LogP) is 6.63. The Labute approximate surface area is 341 Å². The van der Waals surface area contributed by atoms with Gasteiger partial charge in [-0.1, -0.05) is 38.1 Å². The standard InChI is InChI=1S/C42H53F3N8O6/c1-25(2)36(49-41(57)58-4)39(55)53-17-5-6-34(53)37-46-23-33(48-37)28-9-7-27(8-10-28)32-14-13-30(22-35(32)59-42(43,44)45)47-40(56)51-20-21-52(26(3)24-51)31-15-18-50(19-16-31)38(54)29-11-12-29/h7-10,13-14,22-23,25-26,29,31,34,36H,5-6,11-12,15-21,24H2,1-4H3,(H,46,48)(H,47,56)(H,49,57)/t26?,34?,36-/m0/s1. The second-order valence-electron chi connectivity index (χ2n) is 16.4. The van der Waals surface area contributed by atoms with Crippen LogP contribution in [0.1, 0.15) is 71.2 Å². The molecule has 3 N–H and O–H groups in total. The fourth-order valence-corrected chi connectivity index (χ4v) is 8.63. The third-order valence-corrected chi connectivity index (χ3v) is 11.9. The normalized spacial score (nSPS) is 21.1. The Balaban J connectivity index is 0.988. The van der Waals surface area contributed by atoms with Gasteiger partial charge >= 0.3 is 18.5 Å². The van der Waals surface area contributed by atoms with Crippen LogP contribution >= 0.6 is 0 Å². The summed E-state index contributed by atoms with van der Waals surface area (Å²) in [5, 5.41) is 5.41. The van der Waals surface area contributed by atoms with E-state index in [0.29, 0.717) is 55.7 Å². The van der Waals surface area contributed by atoms with Gasteiger partial charge < -0.3 is 39.8 Å². The Morgan fingerprint density at radius 1 is 0.898 bits per heavy atom. The molecule has 2 aromatic carbocycles. The summed E-state index contributed by atoms with van der Waals surface area (Å²) in [4.78, 5) is 67.1. The topological polar surface area (TPSA) is 152 Å². The average Bonchev–Trinajstić information content (AvgIpc) is 3.73. The number of carbonyl (C=O) groups is 4. The van der Waals surface area contributed by atoms with Crippen molar-refractivity contribution < 1.29 is 41.8 Å². The molecule has 1 aliphatic carbocycles. The highest BCUT2D eigenvalue weighted by Gasteiger charge is 2.39. The van der Waals surface area contributed by atoms with E-state index in [1.807, 2.05) is 18.7 Å². The van der Waals surface area contributed by atoms with Gasteiger partial charge in [0.05, 0.1) is 25.0 Å². The molecular weight excluding hydrogens is 770 g/mol. The number of rotatable bonds is 10. The van der Waals surface area contributed by atoms with E-state index in [1.54, 1.807) is 46.3 Å². The average molecular weight is 823 g/mol. The van der Waals surface area contributed by atoms with Gasteiger partial charge in [-0.15, -0.1) is 13.2 Å². The van der Waals surface area contributed by atoms with E-state index >= 15 is 0 Å². The zero-order chi connectivity index (χ0) is 42.0. The number of H-pyrrole nitrogens is 1. The Hall–Kier alpha value is -5.32. The first-order chi connectivity index (χ1) is 28.2. The quantitative estimate of drug-likeness (QED) is 0.206. The summed E-state index contributed by atoms with van der Waals surface area (Å²) in [6.07, 6.45) is 1.23. The molecule has 1 saturated carbocycles. The van der Waals surface area contributed by atoms with E-state index < -0.39 is 30.3 Å². The zero-order valence-corrected chi connectivity index (χ0v) is 33.9. The lowest BCUT2D eigenvalue weighted by molar-refractivity contribution is -0.274. The molecule has 7 rings (SSSR count). The lowest BCUT2D eigenvalue weighted by Gasteiger charge is -2.46. The Morgan fingerprint density at radius 2 is 1.61 bits per heavy atom. The Bertz CT molecular complexity index is 2000. The number of hydrogen-bond acceptors (Lipinski definition) is 8. The first-order valence-corrected chi connectivity index (χ1v) is 20.5. The van der Waals surface area contributed by atoms with Crippen LogP contribution in [0.5, 0.6) is 5.75 Å². The van der Waals surface area contributed by atoms with Gasteiger partial charge in [0.25, 0.3) is 0 Å². The van der Waals surface area contributed by atoms with Crippen LogP contribution in [0, 0.1) is 11.8 Å². The maximum atomic E-state index is 13.7. The summed E-state index contributed by atoms with van der Waals surface area (Å²) < 4.78 is 50.3. The summed E-state index contributed by atoms with van der Waals surface area (Å²) in [5.41, 5.74) is 2.20. The van der Waals surface area contributed by atoms with Crippen LogP contribution in [0.2, 0.25) is 0 Å². The molecule has 0 radical (unpaired) electrons. The van der Waals surface area contributed by atoms with Crippen molar-refractivity contribution in [1.82, 2.24) is 34.9 Å². The number of aromatic nitrogens is 2. The Kier molecular flexibility index (Phi) is 12.4. The van der Waals surface area contributed by atoms with Gasteiger partial charge in [0.2, 0.25) is 11.8 Å². The summed E-state index contributed by atoms with van der Waals surface area (Å²) in [7, 11) is 1.25. The van der Waals surface area contributed by atoms with Crippen LogP contribution in [0.25, 0.3) is 22.4 Å². The third-order valence-electron chi connectivity index (χ3n) is 11.9. The minimum Gasteiger partial charge on any atom is -0.453 e. The van der Waals surface area contributed by atoms with Crippen LogP contribution in [-0.2, 0) is 14.3 Å². The summed E-state index contributed by atoms with van der Waals surface area (Å²) in [5.74, 6) is 0.233. The van der Waals surface area contributed by atoms with Crippen molar-refractivity contribution in [1.29, 1.82) is 0 Å². The molecule has 0 bridgehead atoms. The molecule has 4 aliphatic rings. The molecule has 3 aromatic rings. The fourth-order valence-electron chi connectivity index (χ4n) is 8.63. The molecule has 0 spiro atoms. The molecule has 4 fully saturated rings. The van der Waals surface area contributed by atoms with Crippen LogP contribution in [-0.4, -0.2) is 124 Å². The lowest BCUT2D eigenvalue weighted by atomic mass is 9.99. The van der Waals surface area contributed by atoms with Crippen molar-refractivity contribution >= 4 is 29.6 Å². The number of urea groups is 1. The number of alkyl halides is 3. The van der Waals surface area contributed by atoms with Gasteiger partial charge in [0.1, 0.15) is 17.6 Å². The first-order valence-electron chi connectivity index (χ1n) is 20.5. The van der Waals surface area contributed by atoms with E-state index in [0.717, 1.165) is 50.8 Å². The summed E-state index contributed by atoms with van der Waals surface area (Å²) >= 11 is 0. The number of hydrogen-bond donors (Lipinski definition) is 3. The zero-order valence-electron chi connectivity index (χ0n) is 33.9. The number of aromatic amines is 1. The fraction of sp³-hybridized carbons (Fsp3) is 0.548. The lowest BCUT2D eigenvalue weighted by Crippen LogP contribution is -2.59. The monoisotopic (exact) mass is 822 g/mol. The van der Waals surface area contributed by atoms with Crippen molar-refractivity contribution in [2.45, 2.75) is 89.8 Å². The van der Waals surface area contributed by atoms with E-state index in [4.69, 9.17) is 4.74 Å². The number of anilines is 1. The summed E-state index contributed by atoms with van der Waals surface area (Å²) in [6, 6.07) is 10.0. The summed E-state index contributed by atoms with van der Waals surface area (Å²) in [6.45, 7) is 9.38. The van der Waals surface area contributed by atoms with E-state index in [1.165, 1.54) is 19.2 Å². The Morgan fingerprint density at radius 3 is 2.25 bits per heavy atom.